The monoisotopic (exact) mass is 273 g/mol. The van der Waals surface area contributed by atoms with E-state index in [0.717, 1.165) is 31.2 Å². The van der Waals surface area contributed by atoms with Crippen LogP contribution in [0, 0.1) is 0 Å². The Labute approximate surface area is 118 Å². The van der Waals surface area contributed by atoms with Gasteiger partial charge in [-0.25, -0.2) is 5.48 Å². The lowest BCUT2D eigenvalue weighted by molar-refractivity contribution is -0.128. The van der Waals surface area contributed by atoms with Crippen molar-refractivity contribution in [3.05, 3.63) is 59.5 Å². The molecule has 1 heterocycles. The molecule has 0 aliphatic carbocycles. The van der Waals surface area contributed by atoms with Crippen molar-refractivity contribution in [3.63, 3.8) is 0 Å². The Bertz CT molecular complexity index is 534. The van der Waals surface area contributed by atoms with E-state index in [1.54, 1.807) is 11.7 Å². The van der Waals surface area contributed by atoms with Crippen molar-refractivity contribution in [2.45, 2.75) is 32.1 Å². The van der Waals surface area contributed by atoms with Gasteiger partial charge in [-0.15, -0.1) is 0 Å². The molecule has 0 saturated carbocycles. The Balaban J connectivity index is 1.77. The first-order valence-corrected chi connectivity index (χ1v) is 6.81. The summed E-state index contributed by atoms with van der Waals surface area (Å²) in [7, 11) is 0. The summed E-state index contributed by atoms with van der Waals surface area (Å²) in [6, 6.07) is 12.3. The normalized spacial score (nSPS) is 10.4. The molecule has 0 saturated heterocycles. The third kappa shape index (κ3) is 4.24. The molecule has 2 aromatic rings. The van der Waals surface area contributed by atoms with E-state index in [1.807, 2.05) is 12.1 Å². The van der Waals surface area contributed by atoms with Crippen molar-refractivity contribution in [1.82, 2.24) is 5.48 Å². The summed E-state index contributed by atoms with van der Waals surface area (Å²) in [6.07, 6.45) is 5.76. The van der Waals surface area contributed by atoms with Crippen LogP contribution in [0.2, 0.25) is 0 Å². The van der Waals surface area contributed by atoms with E-state index in [-0.39, 0.29) is 6.42 Å². The number of carbonyl (C=O) groups excluding carboxylic acids is 1. The van der Waals surface area contributed by atoms with Gasteiger partial charge in [0.05, 0.1) is 12.7 Å². The highest BCUT2D eigenvalue weighted by atomic mass is 16.5. The summed E-state index contributed by atoms with van der Waals surface area (Å²) in [5.41, 5.74) is 4.01. The Morgan fingerprint density at radius 2 is 1.85 bits per heavy atom. The lowest BCUT2D eigenvalue weighted by Crippen LogP contribution is -2.20. The van der Waals surface area contributed by atoms with E-state index in [4.69, 9.17) is 9.62 Å². The Morgan fingerprint density at radius 3 is 2.60 bits per heavy atom. The average molecular weight is 273 g/mol. The predicted molar refractivity (Wildman–Crippen MR) is 75.4 cm³/mol. The van der Waals surface area contributed by atoms with Gasteiger partial charge in [-0.05, 0) is 42.9 Å². The van der Waals surface area contributed by atoms with E-state index < -0.39 is 5.91 Å². The Hall–Kier alpha value is -2.07. The molecule has 2 N–H and O–H groups in total. The minimum atomic E-state index is -0.453. The molecule has 0 fully saturated rings. The van der Waals surface area contributed by atoms with Crippen LogP contribution in [0.15, 0.2) is 47.1 Å². The molecule has 106 valence electrons. The maximum Gasteiger partial charge on any atom is 0.250 e. The van der Waals surface area contributed by atoms with Crippen molar-refractivity contribution in [1.29, 1.82) is 0 Å². The largest absolute Gasteiger partial charge is 0.469 e. The molecule has 0 aliphatic heterocycles. The van der Waals surface area contributed by atoms with Gasteiger partial charge in [0, 0.05) is 0 Å². The molecule has 0 radical (unpaired) electrons. The lowest BCUT2D eigenvalue weighted by atomic mass is 10.0. The summed E-state index contributed by atoms with van der Waals surface area (Å²) in [5.74, 6) is 0.182. The molecule has 0 unspecified atom stereocenters. The van der Waals surface area contributed by atoms with Gasteiger partial charge >= 0.3 is 0 Å². The van der Waals surface area contributed by atoms with Crippen LogP contribution in [0.1, 0.15) is 29.7 Å². The van der Waals surface area contributed by atoms with Crippen molar-refractivity contribution in [3.8, 4) is 0 Å². The molecule has 1 aromatic heterocycles. The number of benzene rings is 1. The topological polar surface area (TPSA) is 62.5 Å². The zero-order valence-electron chi connectivity index (χ0n) is 11.3. The van der Waals surface area contributed by atoms with Gasteiger partial charge in [-0.1, -0.05) is 30.3 Å². The average Bonchev–Trinajstić information content (AvgIpc) is 2.92. The number of carbonyl (C=O) groups is 1. The highest BCUT2D eigenvalue weighted by Gasteiger charge is 2.10. The van der Waals surface area contributed by atoms with E-state index in [2.05, 4.69) is 24.3 Å². The molecule has 0 atom stereocenters. The molecule has 4 nitrogen and oxygen atoms in total. The van der Waals surface area contributed by atoms with E-state index >= 15 is 0 Å². The number of hydroxylamine groups is 1. The number of furan rings is 1. The van der Waals surface area contributed by atoms with Gasteiger partial charge in [-0.2, -0.15) is 0 Å². The number of amides is 1. The minimum Gasteiger partial charge on any atom is -0.469 e. The number of hydrogen-bond donors (Lipinski definition) is 2. The number of aryl methyl sites for hydroxylation is 2. The third-order valence-electron chi connectivity index (χ3n) is 3.29. The summed E-state index contributed by atoms with van der Waals surface area (Å²) in [4.78, 5) is 11.1. The first-order chi connectivity index (χ1) is 9.79. The SMILES string of the molecule is O=C(Cc1occc1CCCCc1ccccc1)NO. The van der Waals surface area contributed by atoms with E-state index in [0.29, 0.717) is 5.76 Å². The van der Waals surface area contributed by atoms with Crippen LogP contribution in [-0.2, 0) is 24.1 Å². The molecule has 1 amide bonds. The Kier molecular flexibility index (Phi) is 5.38. The van der Waals surface area contributed by atoms with Crippen molar-refractivity contribution < 1.29 is 14.4 Å². The zero-order valence-corrected chi connectivity index (χ0v) is 11.3. The molecule has 0 bridgehead atoms. The van der Waals surface area contributed by atoms with Gasteiger partial charge in [0.15, 0.2) is 0 Å². The van der Waals surface area contributed by atoms with E-state index in [1.165, 1.54) is 5.56 Å². The van der Waals surface area contributed by atoms with E-state index in [9.17, 15) is 4.79 Å². The van der Waals surface area contributed by atoms with Gasteiger partial charge in [0.1, 0.15) is 5.76 Å². The molecular weight excluding hydrogens is 254 g/mol. The van der Waals surface area contributed by atoms with Crippen LogP contribution < -0.4 is 5.48 Å². The number of rotatable bonds is 7. The van der Waals surface area contributed by atoms with Gasteiger partial charge < -0.3 is 4.42 Å². The van der Waals surface area contributed by atoms with Crippen LogP contribution in [0.4, 0.5) is 0 Å². The number of unbranched alkanes of at least 4 members (excludes halogenated alkanes) is 1. The highest BCUT2D eigenvalue weighted by Crippen LogP contribution is 2.15. The fourth-order valence-corrected chi connectivity index (χ4v) is 2.22. The summed E-state index contributed by atoms with van der Waals surface area (Å²) < 4.78 is 5.28. The predicted octanol–water partition coefficient (Wildman–Crippen LogP) is 2.89. The minimum absolute atomic E-state index is 0.0809. The van der Waals surface area contributed by atoms with Crippen molar-refractivity contribution in [2.75, 3.05) is 0 Å². The highest BCUT2D eigenvalue weighted by molar-refractivity contribution is 5.76. The third-order valence-corrected chi connectivity index (χ3v) is 3.29. The molecule has 1 aromatic carbocycles. The molecule has 2 rings (SSSR count). The second-order valence-electron chi connectivity index (χ2n) is 4.77. The molecule has 0 aliphatic rings. The van der Waals surface area contributed by atoms with Gasteiger partial charge in [0.2, 0.25) is 0 Å². The van der Waals surface area contributed by atoms with Crippen molar-refractivity contribution in [2.24, 2.45) is 0 Å². The molecule has 0 spiro atoms. The standard InChI is InChI=1S/C16H19NO3/c18-16(17-19)12-15-14(10-11-20-15)9-5-4-8-13-6-2-1-3-7-13/h1-3,6-7,10-11,19H,4-5,8-9,12H2,(H,17,18). The zero-order chi connectivity index (χ0) is 14.2. The lowest BCUT2D eigenvalue weighted by Gasteiger charge is -2.03. The molecule has 20 heavy (non-hydrogen) atoms. The maximum absolute atomic E-state index is 11.1. The summed E-state index contributed by atoms with van der Waals surface area (Å²) >= 11 is 0. The van der Waals surface area contributed by atoms with Crippen LogP contribution in [0.25, 0.3) is 0 Å². The molecule has 4 heteroatoms. The summed E-state index contributed by atoms with van der Waals surface area (Å²) in [6.45, 7) is 0. The number of hydrogen-bond acceptors (Lipinski definition) is 3. The fraction of sp³-hybridized carbons (Fsp3) is 0.312. The fourth-order valence-electron chi connectivity index (χ4n) is 2.22. The van der Waals surface area contributed by atoms with Crippen molar-refractivity contribution >= 4 is 5.91 Å². The van der Waals surface area contributed by atoms with Gasteiger partial charge in [-0.3, -0.25) is 10.0 Å². The van der Waals surface area contributed by atoms with Gasteiger partial charge in [0.25, 0.3) is 5.91 Å². The first kappa shape index (κ1) is 14.3. The van der Waals surface area contributed by atoms with Crippen LogP contribution in [0.3, 0.4) is 0 Å². The first-order valence-electron chi connectivity index (χ1n) is 6.81. The molecular formula is C16H19NO3. The quantitative estimate of drug-likeness (QED) is 0.463. The maximum atomic E-state index is 11.1. The van der Waals surface area contributed by atoms with Crippen LogP contribution >= 0.6 is 0 Å². The second-order valence-corrected chi connectivity index (χ2v) is 4.77. The van der Waals surface area contributed by atoms with Crippen LogP contribution in [-0.4, -0.2) is 11.1 Å². The summed E-state index contributed by atoms with van der Waals surface area (Å²) in [5, 5.41) is 8.52. The Morgan fingerprint density at radius 1 is 1.10 bits per heavy atom. The van der Waals surface area contributed by atoms with Crippen LogP contribution in [0.5, 0.6) is 0 Å². The second kappa shape index (κ2) is 7.50. The smallest absolute Gasteiger partial charge is 0.250 e. The number of nitrogens with one attached hydrogen (secondary N) is 1.